The van der Waals surface area contributed by atoms with Gasteiger partial charge in [-0.2, -0.15) is 4.31 Å². The van der Waals surface area contributed by atoms with Crippen molar-refractivity contribution in [2.24, 2.45) is 11.7 Å². The van der Waals surface area contributed by atoms with Gasteiger partial charge in [0, 0.05) is 32.7 Å². The van der Waals surface area contributed by atoms with Gasteiger partial charge in [-0.15, -0.1) is 0 Å². The van der Waals surface area contributed by atoms with E-state index >= 15 is 0 Å². The van der Waals surface area contributed by atoms with E-state index in [4.69, 9.17) is 5.73 Å². The Kier molecular flexibility index (Phi) is 4.02. The van der Waals surface area contributed by atoms with Crippen LogP contribution in [0.15, 0.2) is 0 Å². The molecule has 0 aromatic rings. The first kappa shape index (κ1) is 13.2. The van der Waals surface area contributed by atoms with Crippen LogP contribution in [0, 0.1) is 5.92 Å². The van der Waals surface area contributed by atoms with Crippen LogP contribution in [-0.4, -0.2) is 61.1 Å². The van der Waals surface area contributed by atoms with Crippen LogP contribution in [0.1, 0.15) is 12.8 Å². The van der Waals surface area contributed by atoms with Crippen molar-refractivity contribution in [3.05, 3.63) is 0 Å². The average molecular weight is 277 g/mol. The van der Waals surface area contributed by atoms with Crippen LogP contribution in [0.4, 0.5) is 0 Å². The summed E-state index contributed by atoms with van der Waals surface area (Å²) in [6, 6.07) is 0. The molecule has 0 aromatic heterocycles. The normalized spacial score (nSPS) is 23.8. The van der Waals surface area contributed by atoms with Gasteiger partial charge < -0.3 is 10.6 Å². The quantitative estimate of drug-likeness (QED) is 0.695. The number of nitrogens with zero attached hydrogens (tertiary/aromatic N) is 2. The number of rotatable bonds is 5. The number of nitrogens with two attached hydrogens (primary N) is 1. The highest BCUT2D eigenvalue weighted by Crippen LogP contribution is 2.30. The second-order valence-corrected chi connectivity index (χ2v) is 7.36. The summed E-state index contributed by atoms with van der Waals surface area (Å²) in [7, 11) is -3.28. The lowest BCUT2D eigenvalue weighted by Crippen LogP contribution is -2.50. The average Bonchev–Trinajstić information content (AvgIpc) is 3.00. The van der Waals surface area contributed by atoms with Crippen LogP contribution in [0.3, 0.4) is 0 Å². The van der Waals surface area contributed by atoms with E-state index in [9.17, 15) is 8.42 Å². The molecule has 7 heteroatoms. The summed E-state index contributed by atoms with van der Waals surface area (Å²) >= 11 is 4.66. The first-order chi connectivity index (χ1) is 7.97. The maximum atomic E-state index is 11.9. The molecule has 0 bridgehead atoms. The van der Waals surface area contributed by atoms with E-state index in [1.165, 1.54) is 17.1 Å². The van der Waals surface area contributed by atoms with Crippen LogP contribution in [0.2, 0.25) is 0 Å². The van der Waals surface area contributed by atoms with Gasteiger partial charge in [-0.05, 0) is 18.8 Å². The minimum Gasteiger partial charge on any atom is -0.392 e. The molecule has 2 N–H and O–H groups in total. The molecule has 0 radical (unpaired) electrons. The summed E-state index contributed by atoms with van der Waals surface area (Å²) < 4.78 is 25.3. The van der Waals surface area contributed by atoms with E-state index in [1.54, 1.807) is 0 Å². The summed E-state index contributed by atoms with van der Waals surface area (Å²) in [6.45, 7) is 3.92. The fourth-order valence-corrected chi connectivity index (χ4v) is 3.84. The zero-order chi connectivity index (χ0) is 12.5. The second-order valence-electron chi connectivity index (χ2n) is 4.87. The molecule has 0 aromatic carbocycles. The van der Waals surface area contributed by atoms with Crippen molar-refractivity contribution < 1.29 is 8.42 Å². The minimum absolute atomic E-state index is 0.0467. The monoisotopic (exact) mass is 277 g/mol. The molecule has 1 aliphatic carbocycles. The molecule has 0 atom stereocenters. The van der Waals surface area contributed by atoms with Gasteiger partial charge in [0.2, 0.25) is 10.0 Å². The molecule has 0 unspecified atom stereocenters. The van der Waals surface area contributed by atoms with Crippen molar-refractivity contribution in [3.63, 3.8) is 0 Å². The van der Waals surface area contributed by atoms with E-state index in [1.807, 2.05) is 0 Å². The molecule has 1 saturated carbocycles. The maximum absolute atomic E-state index is 11.9. The van der Waals surface area contributed by atoms with Gasteiger partial charge in [-0.25, -0.2) is 8.42 Å². The van der Waals surface area contributed by atoms with E-state index in [2.05, 4.69) is 17.1 Å². The second kappa shape index (κ2) is 5.17. The summed E-state index contributed by atoms with van der Waals surface area (Å²) in [6.07, 6.45) is 2.67. The smallest absolute Gasteiger partial charge is 0.220 e. The van der Waals surface area contributed by atoms with Gasteiger partial charge in [0.1, 0.15) is 5.75 Å². The Morgan fingerprint density at radius 3 is 2.29 bits per heavy atom. The third-order valence-electron chi connectivity index (χ3n) is 3.26. The zero-order valence-electron chi connectivity index (χ0n) is 9.84. The lowest BCUT2D eigenvalue weighted by atomic mass is 10.3. The molecule has 5 nitrogen and oxygen atoms in total. The molecule has 2 aliphatic rings. The molecular weight excluding hydrogens is 258 g/mol. The topological polar surface area (TPSA) is 66.6 Å². The fraction of sp³-hybridized carbons (Fsp3) is 0.900. The molecule has 17 heavy (non-hydrogen) atoms. The van der Waals surface area contributed by atoms with Crippen molar-refractivity contribution >= 4 is 27.2 Å². The highest BCUT2D eigenvalue weighted by molar-refractivity contribution is 7.92. The van der Waals surface area contributed by atoms with E-state index < -0.39 is 10.0 Å². The first-order valence-electron chi connectivity index (χ1n) is 5.96. The molecule has 98 valence electrons. The van der Waals surface area contributed by atoms with E-state index in [-0.39, 0.29) is 10.7 Å². The van der Waals surface area contributed by atoms with Crippen LogP contribution in [-0.2, 0) is 10.0 Å². The van der Waals surface area contributed by atoms with E-state index in [0.29, 0.717) is 13.1 Å². The van der Waals surface area contributed by atoms with Crippen LogP contribution in [0.25, 0.3) is 0 Å². The van der Waals surface area contributed by atoms with Crippen molar-refractivity contribution in [1.29, 1.82) is 0 Å². The Hall–Kier alpha value is -0.240. The first-order valence-corrected chi connectivity index (χ1v) is 7.97. The van der Waals surface area contributed by atoms with Crippen LogP contribution >= 0.6 is 12.2 Å². The Balaban J connectivity index is 1.82. The SMILES string of the molecule is NC(=S)CS(=O)(=O)N1CCN(CC2CC2)CC1. The number of thiocarbonyl (C=S) groups is 1. The number of hydrogen-bond donors (Lipinski definition) is 1. The predicted molar refractivity (Wildman–Crippen MR) is 71.3 cm³/mol. The van der Waals surface area contributed by atoms with Crippen LogP contribution < -0.4 is 5.73 Å². The molecule has 2 rings (SSSR count). The third-order valence-corrected chi connectivity index (χ3v) is 5.42. The Morgan fingerprint density at radius 1 is 1.24 bits per heavy atom. The van der Waals surface area contributed by atoms with Crippen molar-refractivity contribution in [2.75, 3.05) is 38.5 Å². The molecule has 0 spiro atoms. The van der Waals surface area contributed by atoms with Crippen molar-refractivity contribution in [2.45, 2.75) is 12.8 Å². The highest BCUT2D eigenvalue weighted by atomic mass is 32.2. The van der Waals surface area contributed by atoms with Gasteiger partial charge in [0.25, 0.3) is 0 Å². The lowest BCUT2D eigenvalue weighted by molar-refractivity contribution is 0.182. The van der Waals surface area contributed by atoms with Crippen LogP contribution in [0.5, 0.6) is 0 Å². The largest absolute Gasteiger partial charge is 0.392 e. The van der Waals surface area contributed by atoms with Gasteiger partial charge >= 0.3 is 0 Å². The van der Waals surface area contributed by atoms with Gasteiger partial charge in [0.15, 0.2) is 0 Å². The third kappa shape index (κ3) is 3.87. The zero-order valence-corrected chi connectivity index (χ0v) is 11.5. The number of sulfonamides is 1. The van der Waals surface area contributed by atoms with E-state index in [0.717, 1.165) is 25.6 Å². The van der Waals surface area contributed by atoms with Gasteiger partial charge in [0.05, 0.1) is 4.99 Å². The molecule has 1 saturated heterocycles. The molecular formula is C10H19N3O2S2. The Bertz CT molecular complexity index is 384. The minimum atomic E-state index is -3.28. The lowest BCUT2D eigenvalue weighted by Gasteiger charge is -2.33. The maximum Gasteiger partial charge on any atom is 0.220 e. The summed E-state index contributed by atoms with van der Waals surface area (Å²) in [4.78, 5) is 2.40. The van der Waals surface area contributed by atoms with Crippen molar-refractivity contribution in [1.82, 2.24) is 9.21 Å². The predicted octanol–water partition coefficient (Wildman–Crippen LogP) is -0.370. The summed E-state index contributed by atoms with van der Waals surface area (Å²) in [5.74, 6) is 0.653. The summed E-state index contributed by atoms with van der Waals surface area (Å²) in [5.41, 5.74) is 5.30. The number of piperazine rings is 1. The Labute approximate surface area is 108 Å². The van der Waals surface area contributed by atoms with Gasteiger partial charge in [-0.1, -0.05) is 12.2 Å². The summed E-state index contributed by atoms with van der Waals surface area (Å²) in [5, 5.41) is 0. The Morgan fingerprint density at radius 2 is 1.82 bits per heavy atom. The van der Waals surface area contributed by atoms with Crippen molar-refractivity contribution in [3.8, 4) is 0 Å². The highest BCUT2D eigenvalue weighted by Gasteiger charge is 2.30. The standard InChI is InChI=1S/C10H19N3O2S2/c11-10(16)8-17(14,15)13-5-3-12(4-6-13)7-9-1-2-9/h9H,1-8H2,(H2,11,16). The fourth-order valence-electron chi connectivity index (χ4n) is 2.13. The molecule has 2 fully saturated rings. The molecule has 1 heterocycles. The number of hydrogen-bond acceptors (Lipinski definition) is 4. The molecule has 0 amide bonds. The van der Waals surface area contributed by atoms with Gasteiger partial charge in [-0.3, -0.25) is 0 Å². The molecule has 1 aliphatic heterocycles.